The molecule has 0 saturated heterocycles. The Morgan fingerprint density at radius 1 is 1.35 bits per heavy atom. The van der Waals surface area contributed by atoms with Crippen molar-refractivity contribution >= 4 is 11.6 Å². The number of hydrogen-bond acceptors (Lipinski definition) is 5. The Hall–Kier alpha value is -1.36. The molecule has 1 rings (SSSR count). The van der Waals surface area contributed by atoms with Crippen molar-refractivity contribution in [3.63, 3.8) is 0 Å². The van der Waals surface area contributed by atoms with E-state index in [1.165, 1.54) is 0 Å². The minimum absolute atomic E-state index is 0.214. The highest BCUT2D eigenvalue weighted by molar-refractivity contribution is 5.44. The SMILES string of the molecule is CC(CCO)CNc1cc(N)nc(C(C)C)n1. The molecule has 1 unspecified atom stereocenters. The predicted molar refractivity (Wildman–Crippen MR) is 69.9 cm³/mol. The molecular weight excluding hydrogens is 216 g/mol. The van der Waals surface area contributed by atoms with Crippen LogP contribution in [0.25, 0.3) is 0 Å². The summed E-state index contributed by atoms with van der Waals surface area (Å²) in [7, 11) is 0. The zero-order valence-electron chi connectivity index (χ0n) is 10.8. The first kappa shape index (κ1) is 13.7. The lowest BCUT2D eigenvalue weighted by atomic mass is 10.1. The summed E-state index contributed by atoms with van der Waals surface area (Å²) < 4.78 is 0. The van der Waals surface area contributed by atoms with E-state index >= 15 is 0 Å². The van der Waals surface area contributed by atoms with E-state index in [1.54, 1.807) is 6.07 Å². The topological polar surface area (TPSA) is 84.1 Å². The molecule has 1 aromatic heterocycles. The number of nitrogens with two attached hydrogens (primary N) is 1. The smallest absolute Gasteiger partial charge is 0.135 e. The highest BCUT2D eigenvalue weighted by atomic mass is 16.3. The summed E-state index contributed by atoms with van der Waals surface area (Å²) in [6, 6.07) is 1.73. The minimum Gasteiger partial charge on any atom is -0.396 e. The maximum Gasteiger partial charge on any atom is 0.135 e. The van der Waals surface area contributed by atoms with Crippen molar-refractivity contribution in [1.82, 2.24) is 9.97 Å². The molecular formula is C12H22N4O. The number of aliphatic hydroxyl groups excluding tert-OH is 1. The van der Waals surface area contributed by atoms with Crippen LogP contribution in [0.4, 0.5) is 11.6 Å². The minimum atomic E-state index is 0.214. The van der Waals surface area contributed by atoms with Crippen molar-refractivity contribution in [2.24, 2.45) is 5.92 Å². The van der Waals surface area contributed by atoms with Gasteiger partial charge < -0.3 is 16.2 Å². The van der Waals surface area contributed by atoms with E-state index in [0.29, 0.717) is 11.7 Å². The Bertz CT molecular complexity index is 354. The monoisotopic (exact) mass is 238 g/mol. The summed E-state index contributed by atoms with van der Waals surface area (Å²) in [5, 5.41) is 12.0. The molecule has 96 valence electrons. The largest absolute Gasteiger partial charge is 0.396 e. The molecule has 0 fully saturated rings. The van der Waals surface area contributed by atoms with Gasteiger partial charge >= 0.3 is 0 Å². The van der Waals surface area contributed by atoms with Gasteiger partial charge in [0, 0.05) is 25.1 Å². The van der Waals surface area contributed by atoms with Gasteiger partial charge in [-0.3, -0.25) is 0 Å². The normalized spacial score (nSPS) is 12.8. The molecule has 0 aliphatic heterocycles. The van der Waals surface area contributed by atoms with Gasteiger partial charge in [0.05, 0.1) is 0 Å². The highest BCUT2D eigenvalue weighted by Gasteiger charge is 2.07. The van der Waals surface area contributed by atoms with E-state index in [2.05, 4.69) is 22.2 Å². The third-order valence-electron chi connectivity index (χ3n) is 2.53. The quantitative estimate of drug-likeness (QED) is 0.701. The van der Waals surface area contributed by atoms with Crippen LogP contribution in [0.5, 0.6) is 0 Å². The number of rotatable bonds is 6. The van der Waals surface area contributed by atoms with E-state index in [1.807, 2.05) is 13.8 Å². The first-order chi connectivity index (χ1) is 8.02. The fraction of sp³-hybridized carbons (Fsp3) is 0.667. The number of nitrogens with zero attached hydrogens (tertiary/aromatic N) is 2. The molecule has 0 saturated carbocycles. The number of hydrogen-bond donors (Lipinski definition) is 3. The zero-order chi connectivity index (χ0) is 12.8. The summed E-state index contributed by atoms with van der Waals surface area (Å²) in [5.74, 6) is 2.65. The second-order valence-electron chi connectivity index (χ2n) is 4.69. The second-order valence-corrected chi connectivity index (χ2v) is 4.69. The molecule has 0 aliphatic carbocycles. The third-order valence-corrected chi connectivity index (χ3v) is 2.53. The molecule has 0 amide bonds. The fourth-order valence-corrected chi connectivity index (χ4v) is 1.44. The van der Waals surface area contributed by atoms with Gasteiger partial charge in [0.25, 0.3) is 0 Å². The Morgan fingerprint density at radius 2 is 2.06 bits per heavy atom. The molecule has 17 heavy (non-hydrogen) atoms. The molecule has 0 radical (unpaired) electrons. The van der Waals surface area contributed by atoms with Crippen LogP contribution in [-0.4, -0.2) is 28.2 Å². The van der Waals surface area contributed by atoms with Crippen molar-refractivity contribution in [3.8, 4) is 0 Å². The van der Waals surface area contributed by atoms with Crippen LogP contribution in [0.3, 0.4) is 0 Å². The summed E-state index contributed by atoms with van der Waals surface area (Å²) in [4.78, 5) is 8.58. The standard InChI is InChI=1S/C12H22N4O/c1-8(2)12-15-10(13)6-11(16-12)14-7-9(3)4-5-17/h6,8-9,17H,4-5,7H2,1-3H3,(H3,13,14,15,16). The number of anilines is 2. The molecule has 0 bridgehead atoms. The number of aliphatic hydroxyl groups is 1. The van der Waals surface area contributed by atoms with Gasteiger partial charge in [0.2, 0.25) is 0 Å². The van der Waals surface area contributed by atoms with Crippen LogP contribution in [0.2, 0.25) is 0 Å². The average molecular weight is 238 g/mol. The van der Waals surface area contributed by atoms with E-state index in [-0.39, 0.29) is 12.5 Å². The maximum absolute atomic E-state index is 8.82. The Labute approximate surface area is 102 Å². The lowest BCUT2D eigenvalue weighted by molar-refractivity contribution is 0.266. The molecule has 5 nitrogen and oxygen atoms in total. The van der Waals surface area contributed by atoms with Crippen LogP contribution >= 0.6 is 0 Å². The van der Waals surface area contributed by atoms with Gasteiger partial charge in [-0.05, 0) is 12.3 Å². The van der Waals surface area contributed by atoms with Gasteiger partial charge in [0.15, 0.2) is 0 Å². The van der Waals surface area contributed by atoms with Gasteiger partial charge in [-0.15, -0.1) is 0 Å². The van der Waals surface area contributed by atoms with Crippen molar-refractivity contribution in [2.75, 3.05) is 24.2 Å². The highest BCUT2D eigenvalue weighted by Crippen LogP contribution is 2.15. The van der Waals surface area contributed by atoms with Gasteiger partial charge in [-0.25, -0.2) is 9.97 Å². The van der Waals surface area contributed by atoms with Crippen molar-refractivity contribution in [2.45, 2.75) is 33.1 Å². The van der Waals surface area contributed by atoms with E-state index in [0.717, 1.165) is 24.6 Å². The van der Waals surface area contributed by atoms with Crippen LogP contribution in [0.1, 0.15) is 38.9 Å². The molecule has 0 aromatic carbocycles. The van der Waals surface area contributed by atoms with Crippen molar-refractivity contribution < 1.29 is 5.11 Å². The summed E-state index contributed by atoms with van der Waals surface area (Å²) in [5.41, 5.74) is 5.73. The molecule has 5 heteroatoms. The number of nitrogen functional groups attached to an aromatic ring is 1. The maximum atomic E-state index is 8.82. The van der Waals surface area contributed by atoms with E-state index in [9.17, 15) is 0 Å². The molecule has 1 aromatic rings. The van der Waals surface area contributed by atoms with Gasteiger partial charge in [-0.2, -0.15) is 0 Å². The molecule has 0 aliphatic rings. The van der Waals surface area contributed by atoms with Crippen LogP contribution < -0.4 is 11.1 Å². The Morgan fingerprint density at radius 3 is 2.65 bits per heavy atom. The summed E-state index contributed by atoms with van der Waals surface area (Å²) in [6.07, 6.45) is 0.782. The van der Waals surface area contributed by atoms with Crippen LogP contribution in [0, 0.1) is 5.92 Å². The lowest BCUT2D eigenvalue weighted by Gasteiger charge is -2.13. The van der Waals surface area contributed by atoms with Crippen LogP contribution in [-0.2, 0) is 0 Å². The summed E-state index contributed by atoms with van der Waals surface area (Å²) in [6.45, 7) is 7.14. The Balaban J connectivity index is 2.64. The van der Waals surface area contributed by atoms with E-state index < -0.39 is 0 Å². The van der Waals surface area contributed by atoms with Crippen molar-refractivity contribution in [1.29, 1.82) is 0 Å². The predicted octanol–water partition coefficient (Wildman–Crippen LogP) is 1.61. The average Bonchev–Trinajstić information content (AvgIpc) is 2.26. The number of nitrogens with one attached hydrogen (secondary N) is 1. The molecule has 0 spiro atoms. The van der Waals surface area contributed by atoms with Gasteiger partial charge in [-0.1, -0.05) is 20.8 Å². The molecule has 4 N–H and O–H groups in total. The third kappa shape index (κ3) is 4.56. The lowest BCUT2D eigenvalue weighted by Crippen LogP contribution is -2.14. The van der Waals surface area contributed by atoms with Crippen molar-refractivity contribution in [3.05, 3.63) is 11.9 Å². The second kappa shape index (κ2) is 6.39. The van der Waals surface area contributed by atoms with Crippen LogP contribution in [0.15, 0.2) is 6.07 Å². The first-order valence-corrected chi connectivity index (χ1v) is 6.02. The first-order valence-electron chi connectivity index (χ1n) is 6.02. The molecule has 1 atom stereocenters. The van der Waals surface area contributed by atoms with E-state index in [4.69, 9.17) is 10.8 Å². The zero-order valence-corrected chi connectivity index (χ0v) is 10.8. The summed E-state index contributed by atoms with van der Waals surface area (Å²) >= 11 is 0. The van der Waals surface area contributed by atoms with Gasteiger partial charge in [0.1, 0.15) is 17.5 Å². The fourth-order valence-electron chi connectivity index (χ4n) is 1.44. The Kier molecular flexibility index (Phi) is 5.15. The number of aromatic nitrogens is 2. The molecule has 1 heterocycles.